The van der Waals surface area contributed by atoms with Crippen LogP contribution in [0.2, 0.25) is 0 Å². The van der Waals surface area contributed by atoms with Gasteiger partial charge < -0.3 is 25.3 Å². The molecule has 11 nitrogen and oxygen atoms in total. The van der Waals surface area contributed by atoms with Crippen LogP contribution in [0.5, 0.6) is 11.5 Å². The van der Waals surface area contributed by atoms with E-state index in [4.69, 9.17) is 25.2 Å². The van der Waals surface area contributed by atoms with Gasteiger partial charge in [0.15, 0.2) is 0 Å². The Balaban J connectivity index is 1.38. The summed E-state index contributed by atoms with van der Waals surface area (Å²) in [6.07, 6.45) is 7.17. The molecule has 0 saturated heterocycles. The number of nitrogens with zero attached hydrogens (tertiary/aromatic N) is 3. The third-order valence-electron chi connectivity index (χ3n) is 9.99. The molecule has 0 bridgehead atoms. The molecule has 3 heterocycles. The minimum Gasteiger partial charge on any atom is -0.496 e. The number of nitrogens with two attached hydrogens (primary N) is 1. The Kier molecular flexibility index (Phi) is 9.22. The molecule has 1 aliphatic heterocycles. The standard InChI is InChI=1S/C37H43N5O6/c1-21(2)28-11-9-12-29(39-28)30-18-32(25-13-14-31(47-4)22(3)33(25)40-30)48-24-16-26-27(17-24)35(45)42(36(38)46)15-8-6-5-7-10-23-19-37(23,20-43)41-34(26)44/h7,9-14,18,20-21,23-24,26-27H,5-6,8,15-17,19H2,1-4H3,(H2,38,46)(H,41,44)/b10-7+. The zero-order valence-electron chi connectivity index (χ0n) is 27.9. The van der Waals surface area contributed by atoms with Crippen molar-refractivity contribution >= 4 is 35.0 Å². The van der Waals surface area contributed by atoms with Crippen molar-refractivity contribution in [2.24, 2.45) is 23.5 Å². The molecule has 0 radical (unpaired) electrons. The van der Waals surface area contributed by atoms with Gasteiger partial charge in [-0.1, -0.05) is 32.1 Å². The summed E-state index contributed by atoms with van der Waals surface area (Å²) < 4.78 is 12.3. The first kappa shape index (κ1) is 33.1. The summed E-state index contributed by atoms with van der Waals surface area (Å²) in [6, 6.07) is 10.6. The van der Waals surface area contributed by atoms with E-state index in [9.17, 15) is 19.2 Å². The fraction of sp³-hybridized carbons (Fsp3) is 0.459. The lowest BCUT2D eigenvalue weighted by Crippen LogP contribution is -2.49. The maximum absolute atomic E-state index is 14.0. The summed E-state index contributed by atoms with van der Waals surface area (Å²) in [4.78, 5) is 63.4. The lowest BCUT2D eigenvalue weighted by atomic mass is 9.93. The summed E-state index contributed by atoms with van der Waals surface area (Å²) >= 11 is 0. The minimum absolute atomic E-state index is 0.0868. The molecule has 1 aromatic carbocycles. The Labute approximate surface area is 280 Å². The van der Waals surface area contributed by atoms with E-state index in [1.165, 1.54) is 0 Å². The average molecular weight is 654 g/mol. The number of nitrogens with one attached hydrogen (secondary N) is 1. The number of allylic oxidation sites excluding steroid dienone is 1. The van der Waals surface area contributed by atoms with E-state index in [0.717, 1.165) is 40.7 Å². The summed E-state index contributed by atoms with van der Waals surface area (Å²) in [5.74, 6) is -1.24. The molecule has 252 valence electrons. The van der Waals surface area contributed by atoms with Crippen molar-refractivity contribution in [3.05, 3.63) is 59.8 Å². The van der Waals surface area contributed by atoms with Gasteiger partial charge in [-0.3, -0.25) is 19.5 Å². The molecule has 48 heavy (non-hydrogen) atoms. The van der Waals surface area contributed by atoms with Crippen LogP contribution in [0.3, 0.4) is 0 Å². The van der Waals surface area contributed by atoms with Crippen LogP contribution < -0.4 is 20.5 Å². The topological polar surface area (TPSA) is 154 Å². The third kappa shape index (κ3) is 6.37. The van der Waals surface area contributed by atoms with Crippen LogP contribution in [0.4, 0.5) is 4.79 Å². The number of carbonyl (C=O) groups is 4. The Morgan fingerprint density at radius 3 is 2.60 bits per heavy atom. The monoisotopic (exact) mass is 653 g/mol. The molecular formula is C37H43N5O6. The smallest absolute Gasteiger partial charge is 0.321 e. The number of ether oxygens (including phenoxy) is 2. The summed E-state index contributed by atoms with van der Waals surface area (Å²) in [5.41, 5.74) is 8.46. The first-order chi connectivity index (χ1) is 23.0. The molecule has 2 aliphatic carbocycles. The summed E-state index contributed by atoms with van der Waals surface area (Å²) in [7, 11) is 1.61. The van der Waals surface area contributed by atoms with E-state index in [0.29, 0.717) is 41.2 Å². The number of carbonyl (C=O) groups excluding carboxylic acids is 4. The number of aldehydes is 1. The van der Waals surface area contributed by atoms with E-state index in [-0.39, 0.29) is 31.2 Å². The SMILES string of the molecule is COc1ccc2c(OC3CC4C(=O)NC5(C=O)CC5/C=C/CCCCN(C(N)=O)C(=O)C4C3)cc(-c3cccc(C(C)C)n3)nc2c1C. The van der Waals surface area contributed by atoms with Crippen LogP contribution in [-0.4, -0.2) is 64.3 Å². The van der Waals surface area contributed by atoms with Gasteiger partial charge in [0.25, 0.3) is 0 Å². The number of rotatable bonds is 6. The molecule has 5 unspecified atom stereocenters. The summed E-state index contributed by atoms with van der Waals surface area (Å²) in [6.45, 7) is 6.26. The first-order valence-electron chi connectivity index (χ1n) is 16.7. The Bertz CT molecular complexity index is 1790. The molecular weight excluding hydrogens is 610 g/mol. The second-order valence-corrected chi connectivity index (χ2v) is 13.5. The average Bonchev–Trinajstić information content (AvgIpc) is 3.58. The molecule has 3 aliphatic rings. The highest BCUT2D eigenvalue weighted by atomic mass is 16.5. The zero-order valence-corrected chi connectivity index (χ0v) is 27.9. The van der Waals surface area contributed by atoms with Gasteiger partial charge in [-0.15, -0.1) is 0 Å². The number of fused-ring (bicyclic) bond motifs is 3. The van der Waals surface area contributed by atoms with Gasteiger partial charge in [0.05, 0.1) is 35.9 Å². The van der Waals surface area contributed by atoms with Gasteiger partial charge in [0, 0.05) is 35.2 Å². The van der Waals surface area contributed by atoms with Gasteiger partial charge >= 0.3 is 6.03 Å². The summed E-state index contributed by atoms with van der Waals surface area (Å²) in [5, 5.41) is 3.70. The molecule has 6 rings (SSSR count). The van der Waals surface area contributed by atoms with Crippen LogP contribution in [0.1, 0.15) is 69.5 Å². The molecule has 2 saturated carbocycles. The molecule has 5 atom stereocenters. The molecule has 2 fully saturated rings. The highest BCUT2D eigenvalue weighted by molar-refractivity contribution is 5.98. The van der Waals surface area contributed by atoms with E-state index >= 15 is 0 Å². The number of hydrogen-bond donors (Lipinski definition) is 2. The number of urea groups is 1. The van der Waals surface area contributed by atoms with E-state index in [1.54, 1.807) is 7.11 Å². The number of imide groups is 1. The molecule has 2 aromatic heterocycles. The van der Waals surface area contributed by atoms with Crippen molar-refractivity contribution < 1.29 is 28.7 Å². The fourth-order valence-corrected chi connectivity index (χ4v) is 7.07. The van der Waals surface area contributed by atoms with E-state index in [1.807, 2.05) is 55.5 Å². The van der Waals surface area contributed by atoms with Gasteiger partial charge in [0.2, 0.25) is 11.8 Å². The number of aryl methyl sites for hydroxylation is 1. The highest BCUT2D eigenvalue weighted by Gasteiger charge is 2.56. The Hall–Kier alpha value is -4.80. The Morgan fingerprint density at radius 1 is 1.08 bits per heavy atom. The fourth-order valence-electron chi connectivity index (χ4n) is 7.07. The predicted octanol–water partition coefficient (Wildman–Crippen LogP) is 5.23. The van der Waals surface area contributed by atoms with Crippen molar-refractivity contribution in [2.75, 3.05) is 13.7 Å². The van der Waals surface area contributed by atoms with Crippen molar-refractivity contribution in [2.45, 2.75) is 76.9 Å². The minimum atomic E-state index is -0.988. The number of amides is 4. The lowest BCUT2D eigenvalue weighted by Gasteiger charge is -2.26. The molecule has 3 N–H and O–H groups in total. The van der Waals surface area contributed by atoms with Crippen molar-refractivity contribution in [3.63, 3.8) is 0 Å². The lowest BCUT2D eigenvalue weighted by molar-refractivity contribution is -0.139. The number of pyridine rings is 2. The molecule has 3 aromatic rings. The van der Waals surface area contributed by atoms with Crippen LogP contribution >= 0.6 is 0 Å². The number of methoxy groups -OCH3 is 1. The van der Waals surface area contributed by atoms with Gasteiger partial charge in [-0.05, 0) is 75.6 Å². The maximum atomic E-state index is 14.0. The van der Waals surface area contributed by atoms with E-state index in [2.05, 4.69) is 19.2 Å². The third-order valence-corrected chi connectivity index (χ3v) is 9.99. The van der Waals surface area contributed by atoms with E-state index < -0.39 is 41.3 Å². The van der Waals surface area contributed by atoms with Crippen LogP contribution in [0.25, 0.3) is 22.3 Å². The number of hydrogen-bond acceptors (Lipinski definition) is 8. The number of benzene rings is 1. The second-order valence-electron chi connectivity index (χ2n) is 13.5. The largest absolute Gasteiger partial charge is 0.496 e. The normalized spacial score (nSPS) is 26.6. The molecule has 4 amide bonds. The highest BCUT2D eigenvalue weighted by Crippen LogP contribution is 2.45. The predicted molar refractivity (Wildman–Crippen MR) is 180 cm³/mol. The van der Waals surface area contributed by atoms with Crippen molar-refractivity contribution in [1.82, 2.24) is 20.2 Å². The van der Waals surface area contributed by atoms with Crippen LogP contribution in [0.15, 0.2) is 48.6 Å². The van der Waals surface area contributed by atoms with Crippen LogP contribution in [0, 0.1) is 24.7 Å². The number of aromatic nitrogens is 2. The first-order valence-corrected chi connectivity index (χ1v) is 16.7. The molecule has 11 heteroatoms. The van der Waals surface area contributed by atoms with Crippen molar-refractivity contribution in [1.29, 1.82) is 0 Å². The quantitative estimate of drug-likeness (QED) is 0.271. The van der Waals surface area contributed by atoms with Gasteiger partial charge in [-0.2, -0.15) is 0 Å². The Morgan fingerprint density at radius 2 is 1.88 bits per heavy atom. The van der Waals surface area contributed by atoms with Crippen molar-refractivity contribution in [3.8, 4) is 22.9 Å². The van der Waals surface area contributed by atoms with Gasteiger partial charge in [0.1, 0.15) is 29.4 Å². The second kappa shape index (κ2) is 13.4. The number of primary amides is 1. The van der Waals surface area contributed by atoms with Crippen LogP contribution in [-0.2, 0) is 14.4 Å². The zero-order chi connectivity index (χ0) is 34.2. The molecule has 0 spiro atoms. The van der Waals surface area contributed by atoms with Gasteiger partial charge in [-0.25, -0.2) is 9.78 Å². The maximum Gasteiger partial charge on any atom is 0.321 e.